The molecular formula is C11H6BrClF3NO. The van der Waals surface area contributed by atoms with E-state index in [4.69, 9.17) is 11.6 Å². The van der Waals surface area contributed by atoms with Crippen LogP contribution in [0.2, 0.25) is 5.02 Å². The lowest BCUT2D eigenvalue weighted by Gasteiger charge is -2.10. The van der Waals surface area contributed by atoms with Crippen LogP contribution in [0.25, 0.3) is 10.9 Å². The Kier molecular flexibility index (Phi) is 3.42. The predicted molar refractivity (Wildman–Crippen MR) is 65.9 cm³/mol. The summed E-state index contributed by atoms with van der Waals surface area (Å²) >= 11 is 9.26. The normalized spacial score (nSPS) is 11.9. The minimum absolute atomic E-state index is 0.309. The molecule has 0 saturated heterocycles. The molecule has 0 unspecified atom stereocenters. The largest absolute Gasteiger partial charge is 0.573 e. The number of ether oxygens (including phenoxy) is 1. The number of nitrogens with zero attached hydrogens (tertiary/aromatic N) is 1. The quantitative estimate of drug-likeness (QED) is 0.740. The first-order chi connectivity index (χ1) is 8.28. The standard InChI is InChI=1S/C11H6BrClF3NO/c1-5-10(13)9(12)7-3-2-6(4-8(7)17-5)18-11(14,15)16/h2-4H,1H3. The van der Waals surface area contributed by atoms with Gasteiger partial charge < -0.3 is 4.74 Å². The Bertz CT molecular complexity index is 615. The molecule has 18 heavy (non-hydrogen) atoms. The van der Waals surface area contributed by atoms with Gasteiger partial charge in [0.2, 0.25) is 0 Å². The number of fused-ring (bicyclic) bond motifs is 1. The van der Waals surface area contributed by atoms with Crippen LogP contribution in [-0.2, 0) is 0 Å². The van der Waals surface area contributed by atoms with Gasteiger partial charge in [0.15, 0.2) is 0 Å². The minimum Gasteiger partial charge on any atom is -0.406 e. The summed E-state index contributed by atoms with van der Waals surface area (Å²) in [6.45, 7) is 1.67. The molecule has 0 spiro atoms. The first-order valence-electron chi connectivity index (χ1n) is 4.79. The van der Waals surface area contributed by atoms with E-state index in [-0.39, 0.29) is 5.75 Å². The summed E-state index contributed by atoms with van der Waals surface area (Å²) in [5.41, 5.74) is 0.908. The van der Waals surface area contributed by atoms with E-state index in [1.54, 1.807) is 6.92 Å². The number of alkyl halides is 3. The molecule has 1 heterocycles. The van der Waals surface area contributed by atoms with E-state index in [0.717, 1.165) is 0 Å². The Morgan fingerprint density at radius 2 is 2.00 bits per heavy atom. The van der Waals surface area contributed by atoms with Gasteiger partial charge in [-0.05, 0) is 35.0 Å². The number of hydrogen-bond acceptors (Lipinski definition) is 2. The molecule has 0 atom stereocenters. The lowest BCUT2D eigenvalue weighted by atomic mass is 10.2. The highest BCUT2D eigenvalue weighted by molar-refractivity contribution is 9.10. The highest BCUT2D eigenvalue weighted by Crippen LogP contribution is 2.34. The van der Waals surface area contributed by atoms with Gasteiger partial charge >= 0.3 is 6.36 Å². The van der Waals surface area contributed by atoms with E-state index in [1.807, 2.05) is 0 Å². The summed E-state index contributed by atoms with van der Waals surface area (Å²) in [5.74, 6) is -0.309. The molecule has 96 valence electrons. The molecule has 0 N–H and O–H groups in total. The number of benzene rings is 1. The van der Waals surface area contributed by atoms with E-state index in [2.05, 4.69) is 25.7 Å². The fraction of sp³-hybridized carbons (Fsp3) is 0.182. The van der Waals surface area contributed by atoms with Crippen molar-refractivity contribution >= 4 is 38.4 Å². The molecule has 0 fully saturated rings. The van der Waals surface area contributed by atoms with Crippen LogP contribution in [0, 0.1) is 6.92 Å². The predicted octanol–water partition coefficient (Wildman–Crippen LogP) is 4.86. The maximum Gasteiger partial charge on any atom is 0.573 e. The molecule has 2 nitrogen and oxygen atoms in total. The van der Waals surface area contributed by atoms with Gasteiger partial charge in [-0.3, -0.25) is 4.98 Å². The fourth-order valence-corrected chi connectivity index (χ4v) is 2.26. The van der Waals surface area contributed by atoms with Gasteiger partial charge in [0, 0.05) is 15.9 Å². The van der Waals surface area contributed by atoms with Crippen molar-refractivity contribution in [3.05, 3.63) is 33.4 Å². The maximum atomic E-state index is 12.1. The van der Waals surface area contributed by atoms with Gasteiger partial charge in [-0.25, -0.2) is 0 Å². The molecule has 0 bridgehead atoms. The lowest BCUT2D eigenvalue weighted by molar-refractivity contribution is -0.274. The smallest absolute Gasteiger partial charge is 0.406 e. The minimum atomic E-state index is -4.72. The third kappa shape index (κ3) is 2.70. The zero-order valence-electron chi connectivity index (χ0n) is 8.98. The van der Waals surface area contributed by atoms with Crippen molar-refractivity contribution in [3.63, 3.8) is 0 Å². The van der Waals surface area contributed by atoms with E-state index in [9.17, 15) is 13.2 Å². The van der Waals surface area contributed by atoms with Crippen molar-refractivity contribution in [1.82, 2.24) is 4.98 Å². The van der Waals surface area contributed by atoms with Crippen molar-refractivity contribution in [2.24, 2.45) is 0 Å². The summed E-state index contributed by atoms with van der Waals surface area (Å²) in [5, 5.41) is 1.06. The fourth-order valence-electron chi connectivity index (χ4n) is 1.49. The highest BCUT2D eigenvalue weighted by atomic mass is 79.9. The third-order valence-electron chi connectivity index (χ3n) is 2.24. The third-order valence-corrected chi connectivity index (χ3v) is 3.75. The number of aromatic nitrogens is 1. The molecule has 0 saturated carbocycles. The summed E-state index contributed by atoms with van der Waals surface area (Å²) < 4.78 is 40.7. The van der Waals surface area contributed by atoms with Crippen molar-refractivity contribution in [2.75, 3.05) is 0 Å². The summed E-state index contributed by atoms with van der Waals surface area (Å²) in [6.07, 6.45) is -4.72. The van der Waals surface area contributed by atoms with E-state index in [0.29, 0.717) is 26.1 Å². The Hall–Kier alpha value is -1.01. The van der Waals surface area contributed by atoms with E-state index in [1.165, 1.54) is 18.2 Å². The monoisotopic (exact) mass is 339 g/mol. The molecule has 0 aliphatic carbocycles. The highest BCUT2D eigenvalue weighted by Gasteiger charge is 2.31. The zero-order valence-corrected chi connectivity index (χ0v) is 11.3. The average Bonchev–Trinajstić information content (AvgIpc) is 2.23. The second-order valence-corrected chi connectivity index (χ2v) is 4.72. The van der Waals surface area contributed by atoms with Crippen LogP contribution < -0.4 is 4.74 Å². The van der Waals surface area contributed by atoms with E-state index >= 15 is 0 Å². The molecule has 1 aromatic heterocycles. The molecule has 2 aromatic rings. The lowest BCUT2D eigenvalue weighted by Crippen LogP contribution is -2.17. The van der Waals surface area contributed by atoms with Crippen molar-refractivity contribution in [2.45, 2.75) is 13.3 Å². The second-order valence-electron chi connectivity index (χ2n) is 3.55. The number of halogens is 5. The molecule has 0 amide bonds. The number of rotatable bonds is 1. The Morgan fingerprint density at radius 1 is 1.33 bits per heavy atom. The molecular weight excluding hydrogens is 334 g/mol. The van der Waals surface area contributed by atoms with Crippen LogP contribution in [0.5, 0.6) is 5.75 Å². The van der Waals surface area contributed by atoms with Crippen LogP contribution in [0.4, 0.5) is 13.2 Å². The zero-order chi connectivity index (χ0) is 13.5. The van der Waals surface area contributed by atoms with Crippen LogP contribution in [-0.4, -0.2) is 11.3 Å². The Labute approximate surface area is 114 Å². The van der Waals surface area contributed by atoms with Gasteiger partial charge in [0.25, 0.3) is 0 Å². The summed E-state index contributed by atoms with van der Waals surface area (Å²) in [6, 6.07) is 3.91. The van der Waals surface area contributed by atoms with Crippen LogP contribution >= 0.6 is 27.5 Å². The molecule has 0 aliphatic heterocycles. The maximum absolute atomic E-state index is 12.1. The number of aryl methyl sites for hydroxylation is 1. The first-order valence-corrected chi connectivity index (χ1v) is 5.96. The van der Waals surface area contributed by atoms with Crippen molar-refractivity contribution in [1.29, 1.82) is 0 Å². The topological polar surface area (TPSA) is 22.1 Å². The SMILES string of the molecule is Cc1nc2cc(OC(F)(F)F)ccc2c(Br)c1Cl. The van der Waals surface area contributed by atoms with Crippen LogP contribution in [0.3, 0.4) is 0 Å². The van der Waals surface area contributed by atoms with Crippen molar-refractivity contribution in [3.8, 4) is 5.75 Å². The number of pyridine rings is 1. The van der Waals surface area contributed by atoms with Gasteiger partial charge in [0.1, 0.15) is 5.75 Å². The van der Waals surface area contributed by atoms with E-state index < -0.39 is 6.36 Å². The molecule has 1 aromatic carbocycles. The first kappa shape index (κ1) is 13.4. The average molecular weight is 341 g/mol. The molecule has 0 radical (unpaired) electrons. The van der Waals surface area contributed by atoms with Crippen LogP contribution in [0.15, 0.2) is 22.7 Å². The Morgan fingerprint density at radius 3 is 2.61 bits per heavy atom. The summed E-state index contributed by atoms with van der Waals surface area (Å²) in [4.78, 5) is 4.12. The van der Waals surface area contributed by atoms with Crippen LogP contribution in [0.1, 0.15) is 5.69 Å². The number of hydrogen-bond donors (Lipinski definition) is 0. The Balaban J connectivity index is 2.56. The van der Waals surface area contributed by atoms with Gasteiger partial charge in [-0.15, -0.1) is 13.2 Å². The van der Waals surface area contributed by atoms with Crippen molar-refractivity contribution < 1.29 is 17.9 Å². The molecule has 7 heteroatoms. The molecule has 2 rings (SSSR count). The molecule has 0 aliphatic rings. The van der Waals surface area contributed by atoms with Gasteiger partial charge in [-0.2, -0.15) is 0 Å². The second kappa shape index (κ2) is 4.59. The summed E-state index contributed by atoms with van der Waals surface area (Å²) in [7, 11) is 0. The van der Waals surface area contributed by atoms with Gasteiger partial charge in [-0.1, -0.05) is 11.6 Å². The van der Waals surface area contributed by atoms with Gasteiger partial charge in [0.05, 0.1) is 16.2 Å².